The number of carbonyl (C=O) groups excluding carboxylic acids is 2. The molecule has 2 aromatic rings. The molecule has 5 rings (SSSR count). The van der Waals surface area contributed by atoms with E-state index in [9.17, 15) is 14.0 Å². The number of hydrogen-bond donors (Lipinski definition) is 0. The molecule has 2 aromatic carbocycles. The highest BCUT2D eigenvalue weighted by atomic mass is 19.1. The number of ether oxygens (including phenoxy) is 3. The number of carbonyl (C=O) groups is 2. The molecular formula is C26H28FN3O5. The fourth-order valence-electron chi connectivity index (χ4n) is 4.79. The molecule has 3 aliphatic heterocycles. The molecule has 0 bridgehead atoms. The number of hydrazone groups is 1. The van der Waals surface area contributed by atoms with E-state index in [2.05, 4.69) is 10.0 Å². The Morgan fingerprint density at radius 1 is 1.09 bits per heavy atom. The van der Waals surface area contributed by atoms with Crippen LogP contribution in [0.4, 0.5) is 4.39 Å². The SMILES string of the molecule is CCOC(=O)C1CCN(CC(=O)N2N=C(c3ccc(F)cc3)C[C@@H]2c2ccc3c(c2)OCO3)CC1. The van der Waals surface area contributed by atoms with Crippen LogP contribution >= 0.6 is 0 Å². The molecule has 8 nitrogen and oxygen atoms in total. The molecule has 3 aliphatic rings. The maximum atomic E-state index is 13.5. The summed E-state index contributed by atoms with van der Waals surface area (Å²) in [5.41, 5.74) is 2.40. The minimum absolute atomic E-state index is 0.113. The van der Waals surface area contributed by atoms with E-state index in [1.165, 1.54) is 17.1 Å². The standard InChI is InChI=1S/C26H28FN3O5/c1-2-33-26(32)18-9-11-29(12-10-18)15-25(31)30-22(19-5-8-23-24(13-19)35-16-34-23)14-21(28-30)17-3-6-20(27)7-4-17/h3-8,13,18,22H,2,9-12,14-16H2,1H3/t22-/m1/s1. The van der Waals surface area contributed by atoms with E-state index >= 15 is 0 Å². The number of likely N-dealkylation sites (tertiary alicyclic amines) is 1. The maximum absolute atomic E-state index is 13.5. The highest BCUT2D eigenvalue weighted by Crippen LogP contribution is 2.39. The second-order valence-corrected chi connectivity index (χ2v) is 8.93. The Kier molecular flexibility index (Phi) is 6.68. The van der Waals surface area contributed by atoms with Gasteiger partial charge in [-0.2, -0.15) is 5.10 Å². The van der Waals surface area contributed by atoms with Crippen molar-refractivity contribution in [2.45, 2.75) is 32.2 Å². The summed E-state index contributed by atoms with van der Waals surface area (Å²) < 4.78 is 29.6. The summed E-state index contributed by atoms with van der Waals surface area (Å²) in [6, 6.07) is 11.5. The number of esters is 1. The predicted molar refractivity (Wildman–Crippen MR) is 126 cm³/mol. The Balaban J connectivity index is 1.33. The lowest BCUT2D eigenvalue weighted by Gasteiger charge is -2.32. The molecule has 0 aliphatic carbocycles. The van der Waals surface area contributed by atoms with Crippen molar-refractivity contribution in [3.05, 3.63) is 59.4 Å². The van der Waals surface area contributed by atoms with Gasteiger partial charge in [-0.05, 0) is 68.2 Å². The van der Waals surface area contributed by atoms with Crippen molar-refractivity contribution >= 4 is 17.6 Å². The van der Waals surface area contributed by atoms with Gasteiger partial charge in [0, 0.05) is 6.42 Å². The Morgan fingerprint density at radius 3 is 2.57 bits per heavy atom. The fraction of sp³-hybridized carbons (Fsp3) is 0.423. The van der Waals surface area contributed by atoms with Gasteiger partial charge < -0.3 is 14.2 Å². The first-order valence-corrected chi connectivity index (χ1v) is 12.0. The average molecular weight is 482 g/mol. The molecule has 1 fully saturated rings. The molecule has 3 heterocycles. The van der Waals surface area contributed by atoms with Crippen molar-refractivity contribution < 1.29 is 28.2 Å². The lowest BCUT2D eigenvalue weighted by molar-refractivity contribution is -0.149. The van der Waals surface area contributed by atoms with Gasteiger partial charge in [0.15, 0.2) is 11.5 Å². The molecule has 0 saturated carbocycles. The first-order chi connectivity index (χ1) is 17.0. The van der Waals surface area contributed by atoms with Crippen LogP contribution in [0.15, 0.2) is 47.6 Å². The van der Waals surface area contributed by atoms with Crippen molar-refractivity contribution in [1.82, 2.24) is 9.91 Å². The van der Waals surface area contributed by atoms with Gasteiger partial charge in [0.05, 0.1) is 30.8 Å². The third-order valence-corrected chi connectivity index (χ3v) is 6.69. The highest BCUT2D eigenvalue weighted by Gasteiger charge is 2.35. The summed E-state index contributed by atoms with van der Waals surface area (Å²) in [6.45, 7) is 3.85. The molecule has 1 amide bonds. The first-order valence-electron chi connectivity index (χ1n) is 12.0. The molecule has 184 valence electrons. The molecule has 0 spiro atoms. The van der Waals surface area contributed by atoms with Crippen LogP contribution in [0.2, 0.25) is 0 Å². The Hall–Kier alpha value is -3.46. The van der Waals surface area contributed by atoms with Crippen LogP contribution < -0.4 is 9.47 Å². The zero-order valence-corrected chi connectivity index (χ0v) is 19.6. The third kappa shape index (κ3) is 5.00. The summed E-state index contributed by atoms with van der Waals surface area (Å²) in [4.78, 5) is 27.5. The molecule has 0 N–H and O–H groups in total. The van der Waals surface area contributed by atoms with E-state index in [1.54, 1.807) is 19.1 Å². The summed E-state index contributed by atoms with van der Waals surface area (Å²) in [7, 11) is 0. The molecule has 0 aromatic heterocycles. The van der Waals surface area contributed by atoms with Crippen molar-refractivity contribution in [3.8, 4) is 11.5 Å². The molecule has 35 heavy (non-hydrogen) atoms. The third-order valence-electron chi connectivity index (χ3n) is 6.69. The fourth-order valence-corrected chi connectivity index (χ4v) is 4.79. The van der Waals surface area contributed by atoms with Gasteiger partial charge in [0.1, 0.15) is 5.82 Å². The van der Waals surface area contributed by atoms with E-state index in [4.69, 9.17) is 14.2 Å². The summed E-state index contributed by atoms with van der Waals surface area (Å²) in [6.07, 6.45) is 1.84. The Morgan fingerprint density at radius 2 is 1.83 bits per heavy atom. The molecule has 0 unspecified atom stereocenters. The minimum Gasteiger partial charge on any atom is -0.466 e. The molecule has 0 radical (unpaired) electrons. The lowest BCUT2D eigenvalue weighted by Crippen LogP contribution is -2.43. The smallest absolute Gasteiger partial charge is 0.309 e. The predicted octanol–water partition coefficient (Wildman–Crippen LogP) is 3.51. The summed E-state index contributed by atoms with van der Waals surface area (Å²) >= 11 is 0. The van der Waals surface area contributed by atoms with Gasteiger partial charge in [-0.25, -0.2) is 9.40 Å². The van der Waals surface area contributed by atoms with Crippen LogP contribution in [0, 0.1) is 11.7 Å². The van der Waals surface area contributed by atoms with Crippen LogP contribution in [-0.2, 0) is 14.3 Å². The summed E-state index contributed by atoms with van der Waals surface area (Å²) in [5.74, 6) is 0.602. The number of piperidine rings is 1. The number of benzene rings is 2. The highest BCUT2D eigenvalue weighted by molar-refractivity contribution is 6.03. The Labute approximate surface area is 203 Å². The second kappa shape index (κ2) is 10.0. The van der Waals surface area contributed by atoms with E-state index < -0.39 is 0 Å². The van der Waals surface area contributed by atoms with Gasteiger partial charge in [-0.1, -0.05) is 18.2 Å². The molecular weight excluding hydrogens is 453 g/mol. The number of amides is 1. The number of hydrogen-bond acceptors (Lipinski definition) is 7. The quantitative estimate of drug-likeness (QED) is 0.588. The lowest BCUT2D eigenvalue weighted by atomic mass is 9.96. The monoisotopic (exact) mass is 481 g/mol. The van der Waals surface area contributed by atoms with Crippen molar-refractivity contribution in [3.63, 3.8) is 0 Å². The number of halogens is 1. The van der Waals surface area contributed by atoms with E-state index in [-0.39, 0.29) is 43.0 Å². The van der Waals surface area contributed by atoms with E-state index in [0.717, 1.165) is 16.8 Å². The summed E-state index contributed by atoms with van der Waals surface area (Å²) in [5, 5.41) is 6.21. The molecule has 1 atom stereocenters. The minimum atomic E-state index is -0.321. The zero-order valence-electron chi connectivity index (χ0n) is 19.6. The first kappa shape index (κ1) is 23.3. The zero-order chi connectivity index (χ0) is 24.4. The van der Waals surface area contributed by atoms with E-state index in [0.29, 0.717) is 50.5 Å². The Bertz CT molecular complexity index is 1130. The van der Waals surface area contributed by atoms with E-state index in [1.807, 2.05) is 18.2 Å². The van der Waals surface area contributed by atoms with Gasteiger partial charge in [-0.3, -0.25) is 14.5 Å². The van der Waals surface area contributed by atoms with Crippen LogP contribution in [0.3, 0.4) is 0 Å². The topological polar surface area (TPSA) is 80.7 Å². The van der Waals surface area contributed by atoms with Crippen LogP contribution in [-0.4, -0.2) is 60.5 Å². The average Bonchev–Trinajstić information content (AvgIpc) is 3.52. The van der Waals surface area contributed by atoms with Gasteiger partial charge >= 0.3 is 5.97 Å². The second-order valence-electron chi connectivity index (χ2n) is 8.93. The van der Waals surface area contributed by atoms with Gasteiger partial charge in [-0.15, -0.1) is 0 Å². The molecule has 1 saturated heterocycles. The van der Waals surface area contributed by atoms with Crippen LogP contribution in [0.1, 0.15) is 43.4 Å². The van der Waals surface area contributed by atoms with Crippen molar-refractivity contribution in [2.75, 3.05) is 33.0 Å². The van der Waals surface area contributed by atoms with Crippen LogP contribution in [0.25, 0.3) is 0 Å². The van der Waals surface area contributed by atoms with Crippen LogP contribution in [0.5, 0.6) is 11.5 Å². The normalized spacial score (nSPS) is 20.1. The van der Waals surface area contributed by atoms with Crippen molar-refractivity contribution in [2.24, 2.45) is 11.0 Å². The number of nitrogens with zero attached hydrogens (tertiary/aromatic N) is 3. The van der Waals surface area contributed by atoms with Crippen molar-refractivity contribution in [1.29, 1.82) is 0 Å². The largest absolute Gasteiger partial charge is 0.466 e. The molecule has 9 heteroatoms. The van der Waals surface area contributed by atoms with Gasteiger partial charge in [0.2, 0.25) is 6.79 Å². The maximum Gasteiger partial charge on any atom is 0.309 e. The van der Waals surface area contributed by atoms with Gasteiger partial charge in [0.25, 0.3) is 5.91 Å². The number of rotatable bonds is 6. The number of fused-ring (bicyclic) bond motifs is 1.